The van der Waals surface area contributed by atoms with Gasteiger partial charge in [-0.05, 0) is 49.2 Å². The first-order valence-electron chi connectivity index (χ1n) is 7.21. The largest absolute Gasteiger partial charge is 0.330 e. The molecule has 3 atom stereocenters. The fraction of sp³-hybridized carbons (Fsp3) is 0.294. The molecule has 0 saturated heterocycles. The molecule has 0 unspecified atom stereocenters. The lowest BCUT2D eigenvalue weighted by atomic mass is 10.1. The number of nitrogens with two attached hydrogens (primary N) is 1. The van der Waals surface area contributed by atoms with Crippen LogP contribution in [0.15, 0.2) is 53.4 Å². The number of sulfone groups is 1. The number of halogens is 1. The Hall–Kier alpha value is -1.36. The smallest absolute Gasteiger partial charge is 0.182 e. The SMILES string of the molecule is Cc1ccc(S(=O)(=O)[C@H]2[C@H](CN)[C@@H]2c2ccc(Cl)cc2)cc1. The Kier molecular flexibility index (Phi) is 4.02. The first-order chi connectivity index (χ1) is 10.4. The van der Waals surface area contributed by atoms with Gasteiger partial charge in [-0.15, -0.1) is 0 Å². The molecule has 5 heteroatoms. The molecule has 0 aromatic heterocycles. The zero-order valence-electron chi connectivity index (χ0n) is 12.2. The van der Waals surface area contributed by atoms with Gasteiger partial charge in [-0.25, -0.2) is 8.42 Å². The molecule has 1 fully saturated rings. The predicted octanol–water partition coefficient (Wildman–Crippen LogP) is 3.16. The maximum absolute atomic E-state index is 12.8. The van der Waals surface area contributed by atoms with E-state index in [0.717, 1.165) is 11.1 Å². The molecular formula is C17H18ClNO2S. The number of aryl methyl sites for hydroxylation is 1. The van der Waals surface area contributed by atoms with Crippen LogP contribution in [0.3, 0.4) is 0 Å². The van der Waals surface area contributed by atoms with E-state index >= 15 is 0 Å². The van der Waals surface area contributed by atoms with Crippen molar-refractivity contribution in [3.8, 4) is 0 Å². The van der Waals surface area contributed by atoms with Crippen LogP contribution in [0.5, 0.6) is 0 Å². The third kappa shape index (κ3) is 2.67. The van der Waals surface area contributed by atoms with E-state index in [1.807, 2.05) is 31.2 Å². The molecule has 2 N–H and O–H groups in total. The van der Waals surface area contributed by atoms with Gasteiger partial charge in [0.05, 0.1) is 10.1 Å². The van der Waals surface area contributed by atoms with Crippen molar-refractivity contribution < 1.29 is 8.42 Å². The lowest BCUT2D eigenvalue weighted by molar-refractivity contribution is 0.591. The summed E-state index contributed by atoms with van der Waals surface area (Å²) >= 11 is 5.90. The summed E-state index contributed by atoms with van der Waals surface area (Å²) in [7, 11) is -3.36. The Morgan fingerprint density at radius 3 is 2.18 bits per heavy atom. The molecule has 3 nitrogen and oxygen atoms in total. The Bertz CT molecular complexity index is 769. The number of hydrogen-bond acceptors (Lipinski definition) is 3. The van der Waals surface area contributed by atoms with Crippen LogP contribution in [0.4, 0.5) is 0 Å². The third-order valence-electron chi connectivity index (χ3n) is 4.33. The summed E-state index contributed by atoms with van der Waals surface area (Å²) in [6.07, 6.45) is 0. The third-order valence-corrected chi connectivity index (χ3v) is 6.87. The molecule has 3 rings (SSSR count). The van der Waals surface area contributed by atoms with E-state index in [4.69, 9.17) is 17.3 Å². The minimum absolute atomic E-state index is 0.0347. The monoisotopic (exact) mass is 335 g/mol. The Morgan fingerprint density at radius 1 is 1.05 bits per heavy atom. The van der Waals surface area contributed by atoms with Gasteiger partial charge < -0.3 is 5.73 Å². The predicted molar refractivity (Wildman–Crippen MR) is 88.9 cm³/mol. The van der Waals surface area contributed by atoms with Gasteiger partial charge in [0.25, 0.3) is 0 Å². The molecule has 0 aliphatic heterocycles. The molecule has 0 radical (unpaired) electrons. The van der Waals surface area contributed by atoms with Gasteiger partial charge >= 0.3 is 0 Å². The van der Waals surface area contributed by atoms with Crippen LogP contribution in [0.1, 0.15) is 17.0 Å². The Labute approximate surface area is 136 Å². The van der Waals surface area contributed by atoms with Gasteiger partial charge in [-0.3, -0.25) is 0 Å². The molecule has 116 valence electrons. The summed E-state index contributed by atoms with van der Waals surface area (Å²) in [6, 6.07) is 14.4. The topological polar surface area (TPSA) is 60.2 Å². The fourth-order valence-electron chi connectivity index (χ4n) is 3.05. The first-order valence-corrected chi connectivity index (χ1v) is 9.13. The van der Waals surface area contributed by atoms with E-state index in [9.17, 15) is 8.42 Å². The van der Waals surface area contributed by atoms with E-state index in [1.165, 1.54) is 0 Å². The zero-order valence-corrected chi connectivity index (χ0v) is 13.8. The van der Waals surface area contributed by atoms with Crippen molar-refractivity contribution in [3.05, 3.63) is 64.7 Å². The molecule has 2 aromatic rings. The normalized spacial score (nSPS) is 24.2. The quantitative estimate of drug-likeness (QED) is 0.933. The van der Waals surface area contributed by atoms with Crippen LogP contribution in [-0.2, 0) is 9.84 Å². The average molecular weight is 336 g/mol. The van der Waals surface area contributed by atoms with Gasteiger partial charge in [0.15, 0.2) is 9.84 Å². The minimum Gasteiger partial charge on any atom is -0.330 e. The Balaban J connectivity index is 1.93. The van der Waals surface area contributed by atoms with E-state index in [2.05, 4.69) is 0 Å². The van der Waals surface area contributed by atoms with Crippen molar-refractivity contribution in [2.75, 3.05) is 6.54 Å². The van der Waals surface area contributed by atoms with Gasteiger partial charge in [-0.2, -0.15) is 0 Å². The standard InChI is InChI=1S/C17H18ClNO2S/c1-11-2-8-14(9-3-11)22(20,21)17-15(10-19)16(17)12-4-6-13(18)7-5-12/h2-9,15-17H,10,19H2,1H3/t15-,16+,17+/m1/s1. The number of benzene rings is 2. The van der Waals surface area contributed by atoms with Crippen molar-refractivity contribution in [1.29, 1.82) is 0 Å². The fourth-order valence-corrected chi connectivity index (χ4v) is 5.40. The van der Waals surface area contributed by atoms with Gasteiger partial charge in [0.2, 0.25) is 0 Å². The second-order valence-electron chi connectivity index (χ2n) is 5.80. The molecule has 22 heavy (non-hydrogen) atoms. The molecule has 2 aromatic carbocycles. The molecule has 0 heterocycles. The average Bonchev–Trinajstić information content (AvgIpc) is 3.24. The van der Waals surface area contributed by atoms with E-state index in [-0.39, 0.29) is 11.8 Å². The van der Waals surface area contributed by atoms with Gasteiger partial charge in [0.1, 0.15) is 0 Å². The van der Waals surface area contributed by atoms with Crippen molar-refractivity contribution >= 4 is 21.4 Å². The maximum Gasteiger partial charge on any atom is 0.182 e. The molecule has 1 aliphatic rings. The number of hydrogen-bond donors (Lipinski definition) is 1. The van der Waals surface area contributed by atoms with E-state index < -0.39 is 15.1 Å². The van der Waals surface area contributed by atoms with Crippen molar-refractivity contribution in [2.24, 2.45) is 11.7 Å². The summed E-state index contributed by atoms with van der Waals surface area (Å²) in [5, 5.41) is 0.202. The minimum atomic E-state index is -3.36. The van der Waals surface area contributed by atoms with Crippen LogP contribution in [0.25, 0.3) is 0 Å². The van der Waals surface area contributed by atoms with Crippen LogP contribution < -0.4 is 5.73 Å². The summed E-state index contributed by atoms with van der Waals surface area (Å²) in [5.74, 6) is -0.0824. The second kappa shape index (κ2) is 5.69. The van der Waals surface area contributed by atoms with Crippen molar-refractivity contribution in [3.63, 3.8) is 0 Å². The van der Waals surface area contributed by atoms with E-state index in [0.29, 0.717) is 16.5 Å². The zero-order chi connectivity index (χ0) is 15.9. The number of rotatable bonds is 4. The highest BCUT2D eigenvalue weighted by Gasteiger charge is 2.57. The molecular weight excluding hydrogens is 318 g/mol. The highest BCUT2D eigenvalue weighted by atomic mass is 35.5. The van der Waals surface area contributed by atoms with Crippen LogP contribution >= 0.6 is 11.6 Å². The molecule has 1 saturated carbocycles. The first kappa shape index (κ1) is 15.5. The second-order valence-corrected chi connectivity index (χ2v) is 8.34. The summed E-state index contributed by atoms with van der Waals surface area (Å²) < 4.78 is 25.7. The summed E-state index contributed by atoms with van der Waals surface area (Å²) in [6.45, 7) is 2.30. The highest BCUT2D eigenvalue weighted by molar-refractivity contribution is 7.92. The highest BCUT2D eigenvalue weighted by Crippen LogP contribution is 2.53. The van der Waals surface area contributed by atoms with Crippen LogP contribution in [0, 0.1) is 12.8 Å². The van der Waals surface area contributed by atoms with Crippen LogP contribution in [0.2, 0.25) is 5.02 Å². The summed E-state index contributed by atoms with van der Waals surface area (Å²) in [4.78, 5) is 0.373. The molecule has 1 aliphatic carbocycles. The molecule has 0 amide bonds. The summed E-state index contributed by atoms with van der Waals surface area (Å²) in [5.41, 5.74) is 7.82. The van der Waals surface area contributed by atoms with Gasteiger partial charge in [0, 0.05) is 10.9 Å². The van der Waals surface area contributed by atoms with E-state index in [1.54, 1.807) is 24.3 Å². The molecule has 0 spiro atoms. The van der Waals surface area contributed by atoms with Crippen LogP contribution in [-0.4, -0.2) is 20.2 Å². The van der Waals surface area contributed by atoms with Crippen molar-refractivity contribution in [1.82, 2.24) is 0 Å². The lowest BCUT2D eigenvalue weighted by Crippen LogP contribution is -2.13. The van der Waals surface area contributed by atoms with Gasteiger partial charge in [-0.1, -0.05) is 41.4 Å². The van der Waals surface area contributed by atoms with Crippen molar-refractivity contribution in [2.45, 2.75) is 23.0 Å². The molecule has 0 bridgehead atoms. The lowest BCUT2D eigenvalue weighted by Gasteiger charge is -2.05. The maximum atomic E-state index is 12.8. The Morgan fingerprint density at radius 2 is 1.64 bits per heavy atom.